The fourth-order valence-electron chi connectivity index (χ4n) is 2.18. The number of benzene rings is 1. The van der Waals surface area contributed by atoms with Crippen molar-refractivity contribution >= 4 is 50.2 Å². The first-order valence-electron chi connectivity index (χ1n) is 7.27. The number of hydrogen-bond donors (Lipinski definition) is 1. The van der Waals surface area contributed by atoms with Gasteiger partial charge < -0.3 is 10.2 Å². The zero-order valence-corrected chi connectivity index (χ0v) is 16.5. The molecule has 2 aromatic heterocycles. The Balaban J connectivity index is 1.72. The van der Waals surface area contributed by atoms with Crippen LogP contribution < -0.4 is 5.32 Å². The SMILES string of the molecule is CN(C)Cc1ccc(NC(=O)c2cnc(-c3cccs3)s2)cc1Br. The van der Waals surface area contributed by atoms with Gasteiger partial charge in [0, 0.05) is 16.7 Å². The molecule has 3 aromatic rings. The molecule has 0 aliphatic rings. The van der Waals surface area contributed by atoms with E-state index in [0.717, 1.165) is 26.6 Å². The lowest BCUT2D eigenvalue weighted by Gasteiger charge is -2.12. The van der Waals surface area contributed by atoms with Gasteiger partial charge in [0.1, 0.15) is 9.88 Å². The zero-order chi connectivity index (χ0) is 17.1. The van der Waals surface area contributed by atoms with Gasteiger partial charge in [-0.2, -0.15) is 0 Å². The maximum Gasteiger partial charge on any atom is 0.267 e. The minimum absolute atomic E-state index is 0.137. The standard InChI is InChI=1S/C17H16BrN3OS2/c1-21(2)10-11-5-6-12(8-13(11)18)20-16(22)15-9-19-17(24-15)14-4-3-7-23-14/h3-9H,10H2,1-2H3,(H,20,22). The van der Waals surface area contributed by atoms with Crippen LogP contribution in [-0.4, -0.2) is 29.9 Å². The smallest absolute Gasteiger partial charge is 0.267 e. The molecule has 0 aliphatic heterocycles. The Labute approximate surface area is 157 Å². The predicted octanol–water partition coefficient (Wildman–Crippen LogP) is 4.95. The number of nitrogens with zero attached hydrogens (tertiary/aromatic N) is 2. The number of anilines is 1. The normalized spacial score (nSPS) is 11.0. The molecule has 1 amide bonds. The number of amides is 1. The van der Waals surface area contributed by atoms with Gasteiger partial charge in [-0.1, -0.05) is 28.1 Å². The van der Waals surface area contributed by atoms with Gasteiger partial charge in [0.15, 0.2) is 0 Å². The van der Waals surface area contributed by atoms with E-state index in [9.17, 15) is 4.79 Å². The summed E-state index contributed by atoms with van der Waals surface area (Å²) in [6.45, 7) is 0.841. The van der Waals surface area contributed by atoms with Crippen molar-refractivity contribution in [3.63, 3.8) is 0 Å². The van der Waals surface area contributed by atoms with Gasteiger partial charge in [-0.05, 0) is 43.2 Å². The van der Waals surface area contributed by atoms with Gasteiger partial charge >= 0.3 is 0 Å². The summed E-state index contributed by atoms with van der Waals surface area (Å²) in [5.41, 5.74) is 1.94. The fraction of sp³-hybridized carbons (Fsp3) is 0.176. The van der Waals surface area contributed by atoms with Crippen LogP contribution in [0.5, 0.6) is 0 Å². The lowest BCUT2D eigenvalue weighted by Crippen LogP contribution is -2.12. The maximum absolute atomic E-state index is 12.4. The summed E-state index contributed by atoms with van der Waals surface area (Å²) in [5.74, 6) is -0.137. The number of halogens is 1. The van der Waals surface area contributed by atoms with Gasteiger partial charge in [-0.15, -0.1) is 22.7 Å². The second-order valence-electron chi connectivity index (χ2n) is 5.51. The Morgan fingerprint density at radius 1 is 1.33 bits per heavy atom. The molecule has 0 fully saturated rings. The molecule has 0 unspecified atom stereocenters. The molecular weight excluding hydrogens is 406 g/mol. The molecule has 1 aromatic carbocycles. The van der Waals surface area contributed by atoms with Crippen LogP contribution in [0.3, 0.4) is 0 Å². The van der Waals surface area contributed by atoms with E-state index < -0.39 is 0 Å². The summed E-state index contributed by atoms with van der Waals surface area (Å²) >= 11 is 6.59. The summed E-state index contributed by atoms with van der Waals surface area (Å²) < 4.78 is 0.984. The molecule has 24 heavy (non-hydrogen) atoms. The van der Waals surface area contributed by atoms with E-state index in [1.54, 1.807) is 17.5 Å². The minimum atomic E-state index is -0.137. The second-order valence-corrected chi connectivity index (χ2v) is 8.34. The van der Waals surface area contributed by atoms with Crippen LogP contribution in [0.25, 0.3) is 9.88 Å². The molecule has 0 saturated heterocycles. The second kappa shape index (κ2) is 7.57. The van der Waals surface area contributed by atoms with Crippen molar-refractivity contribution in [3.05, 3.63) is 56.8 Å². The van der Waals surface area contributed by atoms with Crippen molar-refractivity contribution in [1.29, 1.82) is 0 Å². The molecule has 0 bridgehead atoms. The molecule has 0 radical (unpaired) electrons. The number of thiazole rings is 1. The largest absolute Gasteiger partial charge is 0.321 e. The molecule has 0 aliphatic carbocycles. The van der Waals surface area contributed by atoms with Crippen molar-refractivity contribution in [1.82, 2.24) is 9.88 Å². The van der Waals surface area contributed by atoms with E-state index in [0.29, 0.717) is 4.88 Å². The molecule has 0 spiro atoms. The highest BCUT2D eigenvalue weighted by molar-refractivity contribution is 9.10. The number of carbonyl (C=O) groups is 1. The predicted molar refractivity (Wildman–Crippen MR) is 105 cm³/mol. The van der Waals surface area contributed by atoms with Crippen molar-refractivity contribution < 1.29 is 4.79 Å². The number of thiophene rings is 1. The molecule has 0 atom stereocenters. The molecule has 0 saturated carbocycles. The van der Waals surface area contributed by atoms with E-state index in [1.807, 2.05) is 49.8 Å². The van der Waals surface area contributed by atoms with Gasteiger partial charge in [0.05, 0.1) is 11.1 Å². The van der Waals surface area contributed by atoms with E-state index in [-0.39, 0.29) is 5.91 Å². The Hall–Kier alpha value is -1.54. The lowest BCUT2D eigenvalue weighted by molar-refractivity contribution is 0.103. The lowest BCUT2D eigenvalue weighted by atomic mass is 10.2. The molecule has 7 heteroatoms. The van der Waals surface area contributed by atoms with Crippen molar-refractivity contribution in [2.24, 2.45) is 0 Å². The van der Waals surface area contributed by atoms with Crippen LogP contribution in [0.2, 0.25) is 0 Å². The number of rotatable bonds is 5. The summed E-state index contributed by atoms with van der Waals surface area (Å²) in [6.07, 6.45) is 1.63. The van der Waals surface area contributed by atoms with Gasteiger partial charge in [0.2, 0.25) is 0 Å². The minimum Gasteiger partial charge on any atom is -0.321 e. The van der Waals surface area contributed by atoms with Crippen LogP contribution in [0.1, 0.15) is 15.2 Å². The van der Waals surface area contributed by atoms with Gasteiger partial charge in [-0.25, -0.2) is 4.98 Å². The summed E-state index contributed by atoms with van der Waals surface area (Å²) in [6, 6.07) is 9.85. The average Bonchev–Trinajstić information content (AvgIpc) is 3.19. The Morgan fingerprint density at radius 2 is 2.17 bits per heavy atom. The van der Waals surface area contributed by atoms with E-state index in [4.69, 9.17) is 0 Å². The summed E-state index contributed by atoms with van der Waals surface area (Å²) in [4.78, 5) is 20.5. The quantitative estimate of drug-likeness (QED) is 0.633. The Kier molecular flexibility index (Phi) is 5.45. The summed E-state index contributed by atoms with van der Waals surface area (Å²) in [7, 11) is 4.05. The van der Waals surface area contributed by atoms with E-state index in [1.165, 1.54) is 16.9 Å². The first-order valence-corrected chi connectivity index (χ1v) is 9.76. The molecule has 2 heterocycles. The number of carbonyl (C=O) groups excluding carboxylic acids is 1. The molecular formula is C17H16BrN3OS2. The van der Waals surface area contributed by atoms with Crippen molar-refractivity contribution in [2.45, 2.75) is 6.54 Å². The zero-order valence-electron chi connectivity index (χ0n) is 13.2. The third-order valence-electron chi connectivity index (χ3n) is 3.26. The first-order chi connectivity index (χ1) is 11.5. The number of nitrogens with one attached hydrogen (secondary N) is 1. The molecule has 4 nitrogen and oxygen atoms in total. The Morgan fingerprint density at radius 3 is 2.83 bits per heavy atom. The van der Waals surface area contributed by atoms with Crippen LogP contribution >= 0.6 is 38.6 Å². The highest BCUT2D eigenvalue weighted by atomic mass is 79.9. The fourth-order valence-corrected chi connectivity index (χ4v) is 4.30. The third-order valence-corrected chi connectivity index (χ3v) is 6.03. The van der Waals surface area contributed by atoms with Crippen molar-refractivity contribution in [2.75, 3.05) is 19.4 Å². The highest BCUT2D eigenvalue weighted by Crippen LogP contribution is 2.29. The average molecular weight is 422 g/mol. The Bertz CT molecular complexity index is 843. The maximum atomic E-state index is 12.4. The monoisotopic (exact) mass is 421 g/mol. The van der Waals surface area contributed by atoms with Crippen LogP contribution in [0, 0.1) is 0 Å². The van der Waals surface area contributed by atoms with E-state index in [2.05, 4.69) is 31.1 Å². The van der Waals surface area contributed by atoms with Gasteiger partial charge in [-0.3, -0.25) is 4.79 Å². The molecule has 3 rings (SSSR count). The van der Waals surface area contributed by atoms with Crippen molar-refractivity contribution in [3.8, 4) is 9.88 Å². The first kappa shape index (κ1) is 17.3. The van der Waals surface area contributed by atoms with Crippen LogP contribution in [0.4, 0.5) is 5.69 Å². The van der Waals surface area contributed by atoms with E-state index >= 15 is 0 Å². The topological polar surface area (TPSA) is 45.2 Å². The molecule has 124 valence electrons. The van der Waals surface area contributed by atoms with Crippen LogP contribution in [-0.2, 0) is 6.54 Å². The van der Waals surface area contributed by atoms with Gasteiger partial charge in [0.25, 0.3) is 5.91 Å². The highest BCUT2D eigenvalue weighted by Gasteiger charge is 2.13. The summed E-state index contributed by atoms with van der Waals surface area (Å²) in [5, 5.41) is 5.81. The molecule has 1 N–H and O–H groups in total. The van der Waals surface area contributed by atoms with Crippen LogP contribution in [0.15, 0.2) is 46.4 Å². The number of hydrogen-bond acceptors (Lipinski definition) is 5. The third kappa shape index (κ3) is 4.10. The number of aromatic nitrogens is 1.